The minimum atomic E-state index is 0.652. The van der Waals surface area contributed by atoms with E-state index in [-0.39, 0.29) is 0 Å². The molecular formula is C17H19Cl2NO. The average Bonchev–Trinajstić information content (AvgIpc) is 2.43. The first-order valence-corrected chi connectivity index (χ1v) is 7.61. The SMILES string of the molecule is CN(C)CCOc1ccccc1Cc1ccc(Cl)cc1Cl. The van der Waals surface area contributed by atoms with E-state index in [2.05, 4.69) is 11.0 Å². The summed E-state index contributed by atoms with van der Waals surface area (Å²) in [5, 5.41) is 1.34. The monoisotopic (exact) mass is 323 g/mol. The second kappa shape index (κ2) is 7.69. The Morgan fingerprint density at radius 2 is 1.76 bits per heavy atom. The van der Waals surface area contributed by atoms with Crippen molar-refractivity contribution < 1.29 is 4.74 Å². The standard InChI is InChI=1S/C17H19Cl2NO/c1-20(2)9-10-21-17-6-4-3-5-14(17)11-13-7-8-15(18)12-16(13)19/h3-8,12H,9-11H2,1-2H3. The fourth-order valence-electron chi connectivity index (χ4n) is 2.00. The van der Waals surface area contributed by atoms with E-state index < -0.39 is 0 Å². The zero-order valence-electron chi connectivity index (χ0n) is 12.3. The van der Waals surface area contributed by atoms with Crippen LogP contribution < -0.4 is 4.74 Å². The summed E-state index contributed by atoms with van der Waals surface area (Å²) in [5.41, 5.74) is 2.17. The third-order valence-electron chi connectivity index (χ3n) is 3.16. The van der Waals surface area contributed by atoms with Crippen LogP contribution >= 0.6 is 23.2 Å². The van der Waals surface area contributed by atoms with Crippen molar-refractivity contribution in [2.45, 2.75) is 6.42 Å². The number of ether oxygens (including phenoxy) is 1. The summed E-state index contributed by atoms with van der Waals surface area (Å²) >= 11 is 12.2. The molecule has 0 saturated heterocycles. The third kappa shape index (κ3) is 4.92. The van der Waals surface area contributed by atoms with Gasteiger partial charge in [-0.1, -0.05) is 47.5 Å². The van der Waals surface area contributed by atoms with Gasteiger partial charge in [0.2, 0.25) is 0 Å². The van der Waals surface area contributed by atoms with E-state index in [1.165, 1.54) is 0 Å². The Morgan fingerprint density at radius 3 is 2.48 bits per heavy atom. The molecule has 0 aliphatic heterocycles. The van der Waals surface area contributed by atoms with Crippen molar-refractivity contribution in [1.82, 2.24) is 4.90 Å². The predicted molar refractivity (Wildman–Crippen MR) is 89.8 cm³/mol. The Balaban J connectivity index is 2.12. The van der Waals surface area contributed by atoms with E-state index in [0.29, 0.717) is 16.7 Å². The lowest BCUT2D eigenvalue weighted by atomic mass is 10.0. The first kappa shape index (κ1) is 16.2. The summed E-state index contributed by atoms with van der Waals surface area (Å²) in [4.78, 5) is 2.10. The minimum Gasteiger partial charge on any atom is -0.492 e. The molecule has 0 fully saturated rings. The van der Waals surface area contributed by atoms with Crippen LogP contribution in [0.1, 0.15) is 11.1 Å². The van der Waals surface area contributed by atoms with E-state index in [1.54, 1.807) is 6.07 Å². The van der Waals surface area contributed by atoms with Crippen LogP contribution in [0.3, 0.4) is 0 Å². The molecule has 0 aliphatic rings. The molecule has 0 amide bonds. The molecule has 0 unspecified atom stereocenters. The summed E-state index contributed by atoms with van der Waals surface area (Å²) in [6.07, 6.45) is 0.730. The molecule has 2 rings (SSSR count). The Labute approximate surface area is 136 Å². The lowest BCUT2D eigenvalue weighted by molar-refractivity contribution is 0.260. The Morgan fingerprint density at radius 1 is 1.00 bits per heavy atom. The van der Waals surface area contributed by atoms with Crippen LogP contribution in [0.15, 0.2) is 42.5 Å². The van der Waals surface area contributed by atoms with Gasteiger partial charge < -0.3 is 9.64 Å². The molecule has 2 nitrogen and oxygen atoms in total. The van der Waals surface area contributed by atoms with Crippen LogP contribution in [-0.2, 0) is 6.42 Å². The molecule has 0 aliphatic carbocycles. The molecule has 21 heavy (non-hydrogen) atoms. The fourth-order valence-corrected chi connectivity index (χ4v) is 2.47. The molecule has 0 bridgehead atoms. The molecule has 0 heterocycles. The van der Waals surface area contributed by atoms with Gasteiger partial charge in [0.15, 0.2) is 0 Å². The van der Waals surface area contributed by atoms with Gasteiger partial charge in [-0.25, -0.2) is 0 Å². The summed E-state index contributed by atoms with van der Waals surface area (Å²) in [7, 11) is 4.06. The third-order valence-corrected chi connectivity index (χ3v) is 3.75. The van der Waals surface area contributed by atoms with Crippen LogP contribution in [0, 0.1) is 0 Å². The highest BCUT2D eigenvalue weighted by molar-refractivity contribution is 6.35. The lowest BCUT2D eigenvalue weighted by Gasteiger charge is -2.14. The predicted octanol–water partition coefficient (Wildman–Crippen LogP) is 4.52. The van der Waals surface area contributed by atoms with Gasteiger partial charge in [0, 0.05) is 23.0 Å². The van der Waals surface area contributed by atoms with Crippen molar-refractivity contribution in [1.29, 1.82) is 0 Å². The number of hydrogen-bond donors (Lipinski definition) is 0. The smallest absolute Gasteiger partial charge is 0.122 e. The zero-order chi connectivity index (χ0) is 15.2. The van der Waals surface area contributed by atoms with Crippen molar-refractivity contribution in [3.63, 3.8) is 0 Å². The van der Waals surface area contributed by atoms with Gasteiger partial charge in [0.25, 0.3) is 0 Å². The van der Waals surface area contributed by atoms with Crippen LogP contribution in [0.5, 0.6) is 5.75 Å². The zero-order valence-corrected chi connectivity index (χ0v) is 13.8. The quantitative estimate of drug-likeness (QED) is 0.774. The van der Waals surface area contributed by atoms with Gasteiger partial charge in [-0.3, -0.25) is 0 Å². The van der Waals surface area contributed by atoms with Gasteiger partial charge in [-0.2, -0.15) is 0 Å². The van der Waals surface area contributed by atoms with E-state index in [0.717, 1.165) is 29.8 Å². The maximum Gasteiger partial charge on any atom is 0.122 e. The second-order valence-electron chi connectivity index (χ2n) is 5.17. The highest BCUT2D eigenvalue weighted by atomic mass is 35.5. The van der Waals surface area contributed by atoms with Gasteiger partial charge in [-0.15, -0.1) is 0 Å². The van der Waals surface area contributed by atoms with Gasteiger partial charge in [-0.05, 0) is 43.4 Å². The van der Waals surface area contributed by atoms with Crippen molar-refractivity contribution in [2.75, 3.05) is 27.2 Å². The number of likely N-dealkylation sites (N-methyl/N-ethyl adjacent to an activating group) is 1. The first-order chi connectivity index (χ1) is 10.1. The normalized spacial score (nSPS) is 10.9. The van der Waals surface area contributed by atoms with Crippen LogP contribution in [0.2, 0.25) is 10.0 Å². The second-order valence-corrected chi connectivity index (χ2v) is 6.02. The Bertz CT molecular complexity index is 599. The molecule has 0 spiro atoms. The largest absolute Gasteiger partial charge is 0.492 e. The highest BCUT2D eigenvalue weighted by Crippen LogP contribution is 2.27. The minimum absolute atomic E-state index is 0.652. The van der Waals surface area contributed by atoms with Gasteiger partial charge in [0.05, 0.1) is 0 Å². The van der Waals surface area contributed by atoms with Crippen molar-refractivity contribution in [3.05, 3.63) is 63.6 Å². The molecule has 112 valence electrons. The molecule has 0 aromatic heterocycles. The maximum absolute atomic E-state index is 6.25. The summed E-state index contributed by atoms with van der Waals surface area (Å²) in [6, 6.07) is 13.6. The molecule has 4 heteroatoms. The van der Waals surface area contributed by atoms with E-state index in [9.17, 15) is 0 Å². The molecule has 0 atom stereocenters. The van der Waals surface area contributed by atoms with Crippen molar-refractivity contribution >= 4 is 23.2 Å². The van der Waals surface area contributed by atoms with Crippen LogP contribution in [0.4, 0.5) is 0 Å². The number of halogens is 2. The number of benzene rings is 2. The van der Waals surface area contributed by atoms with Crippen molar-refractivity contribution in [2.24, 2.45) is 0 Å². The van der Waals surface area contributed by atoms with E-state index in [1.807, 2.05) is 44.4 Å². The number of rotatable bonds is 6. The number of para-hydroxylation sites is 1. The molecule has 0 radical (unpaired) electrons. The highest BCUT2D eigenvalue weighted by Gasteiger charge is 2.07. The Hall–Kier alpha value is -1.22. The Kier molecular flexibility index (Phi) is 5.92. The molecular weight excluding hydrogens is 305 g/mol. The van der Waals surface area contributed by atoms with Crippen LogP contribution in [0.25, 0.3) is 0 Å². The fraction of sp³-hybridized carbons (Fsp3) is 0.294. The van der Waals surface area contributed by atoms with Gasteiger partial charge in [0.1, 0.15) is 12.4 Å². The average molecular weight is 324 g/mol. The van der Waals surface area contributed by atoms with Crippen LogP contribution in [-0.4, -0.2) is 32.1 Å². The van der Waals surface area contributed by atoms with E-state index in [4.69, 9.17) is 27.9 Å². The van der Waals surface area contributed by atoms with Gasteiger partial charge >= 0.3 is 0 Å². The molecule has 0 N–H and O–H groups in total. The molecule has 2 aromatic rings. The van der Waals surface area contributed by atoms with E-state index >= 15 is 0 Å². The van der Waals surface area contributed by atoms with Crippen molar-refractivity contribution in [3.8, 4) is 5.75 Å². The molecule has 2 aromatic carbocycles. The number of nitrogens with zero attached hydrogens (tertiary/aromatic N) is 1. The maximum atomic E-state index is 6.25. The number of hydrogen-bond acceptors (Lipinski definition) is 2. The summed E-state index contributed by atoms with van der Waals surface area (Å²) in [6.45, 7) is 1.55. The topological polar surface area (TPSA) is 12.5 Å². The summed E-state index contributed by atoms with van der Waals surface area (Å²) < 4.78 is 5.87. The molecule has 0 saturated carbocycles. The summed E-state index contributed by atoms with van der Waals surface area (Å²) in [5.74, 6) is 0.908. The first-order valence-electron chi connectivity index (χ1n) is 6.85. The lowest BCUT2D eigenvalue weighted by Crippen LogP contribution is -2.19.